The first-order chi connectivity index (χ1) is 0. The molecule has 0 saturated carbocycles. The molecule has 0 bridgehead atoms. The summed E-state index contributed by atoms with van der Waals surface area (Å²) in [6, 6.07) is 0. The third-order valence-corrected chi connectivity index (χ3v) is 0. The fourth-order valence-electron chi connectivity index (χ4n) is 0. The van der Waals surface area contributed by atoms with Gasteiger partial charge >= 0.3 is 97.8 Å². The second kappa shape index (κ2) is 22.8. The fraction of sp³-hybridized carbons (Fsp3) is 0. The number of hydrogen-bond acceptors (Lipinski definition) is 0. The largest absolute Gasteiger partial charge is 0 e. The predicted octanol–water partition coefficient (Wildman–Crippen LogP) is -1.84. The van der Waals surface area contributed by atoms with E-state index < -0.39 is 0 Å². The molecule has 0 aromatic rings. The van der Waals surface area contributed by atoms with Crippen molar-refractivity contribution in [1.82, 2.24) is 0 Å². The zero-order valence-electron chi connectivity index (χ0n) is 2.12. The molecule has 0 saturated heterocycles. The Balaban J connectivity index is 0. The van der Waals surface area contributed by atoms with E-state index in [0.717, 1.165) is 0 Å². The van der Waals surface area contributed by atoms with Gasteiger partial charge in [-0.1, -0.05) is 0 Å². The zero-order chi connectivity index (χ0) is 0. The van der Waals surface area contributed by atoms with Gasteiger partial charge in [0.15, 0.2) is 0 Å². The summed E-state index contributed by atoms with van der Waals surface area (Å²) >= 11 is 0. The van der Waals surface area contributed by atoms with Crippen molar-refractivity contribution < 1.29 is 66.3 Å². The van der Waals surface area contributed by atoms with E-state index in [4.69, 9.17) is 0 Å². The molecule has 0 N–H and O–H groups in total. The molecule has 5 heavy (non-hydrogen) atoms. The quantitative estimate of drug-likeness (QED) is 0.329. The average molecular weight is 522 g/mol. The van der Waals surface area contributed by atoms with Gasteiger partial charge in [0.2, 0.25) is 0 Å². The third kappa shape index (κ3) is 17.6. The molecule has 0 fully saturated rings. The summed E-state index contributed by atoms with van der Waals surface area (Å²) in [5, 5.41) is 0. The van der Waals surface area contributed by atoms with Crippen LogP contribution in [0.1, 0.15) is 0 Å². The molecule has 0 rings (SSSR count). The summed E-state index contributed by atoms with van der Waals surface area (Å²) in [5.41, 5.74) is 0. The molecule has 5 heteroatoms. The van der Waals surface area contributed by atoms with Gasteiger partial charge in [0.25, 0.3) is 0 Å². The molecule has 0 aromatic carbocycles. The zero-order valence-corrected chi connectivity index (χ0v) is 12.1. The van der Waals surface area contributed by atoms with Gasteiger partial charge in [0, 0.05) is 66.3 Å². The SMILES string of the molecule is [BaH2].[BaH2].[Cd].[Zn].[Zn]. The molecule has 0 amide bonds. The van der Waals surface area contributed by atoms with Crippen molar-refractivity contribution in [3.8, 4) is 0 Å². The second-order valence-electron chi connectivity index (χ2n) is 0. The fourth-order valence-corrected chi connectivity index (χ4v) is 0. The minimum absolute atomic E-state index is 0. The van der Waals surface area contributed by atoms with E-state index in [2.05, 4.69) is 0 Å². The van der Waals surface area contributed by atoms with Gasteiger partial charge in [-0.25, -0.2) is 0 Å². The van der Waals surface area contributed by atoms with Crippen LogP contribution in [0.5, 0.6) is 0 Å². The van der Waals surface area contributed by atoms with Gasteiger partial charge in [-0.05, 0) is 0 Å². The number of hydrogen-bond donors (Lipinski definition) is 0. The molecule has 0 spiro atoms. The van der Waals surface area contributed by atoms with Crippen LogP contribution in [0.25, 0.3) is 0 Å². The molecule has 0 aromatic heterocycles. The normalized spacial score (nSPS) is 0. The van der Waals surface area contributed by atoms with E-state index in [9.17, 15) is 0 Å². The first-order valence-corrected chi connectivity index (χ1v) is 0. The first-order valence-electron chi connectivity index (χ1n) is 0. The molecule has 0 atom stereocenters. The van der Waals surface area contributed by atoms with Crippen LogP contribution in [0.4, 0.5) is 0 Å². The van der Waals surface area contributed by atoms with Crippen LogP contribution in [-0.2, 0) is 66.3 Å². The Kier molecular flexibility index (Phi) is 145. The Morgan fingerprint density at radius 1 is 0.600 bits per heavy atom. The van der Waals surface area contributed by atoms with Crippen LogP contribution < -0.4 is 0 Å². The standard InChI is InChI=1S/2Ba.Cd.2Zn.4H. The van der Waals surface area contributed by atoms with E-state index in [1.54, 1.807) is 0 Å². The molecule has 0 heterocycles. The Morgan fingerprint density at radius 2 is 0.600 bits per heavy atom. The van der Waals surface area contributed by atoms with E-state index in [0.29, 0.717) is 0 Å². The second-order valence-corrected chi connectivity index (χ2v) is 0. The Bertz CT molecular complexity index is 7.61. The smallest absolute Gasteiger partial charge is 0 e. The molecule has 0 nitrogen and oxygen atoms in total. The molecule has 0 aliphatic heterocycles. The predicted molar refractivity (Wildman–Crippen MR) is 17.1 cm³/mol. The Morgan fingerprint density at radius 3 is 0.600 bits per heavy atom. The molecule has 0 aliphatic rings. The van der Waals surface area contributed by atoms with Crippen LogP contribution in [0.15, 0.2) is 0 Å². The van der Waals surface area contributed by atoms with Crippen molar-refractivity contribution in [1.29, 1.82) is 0 Å². The molecule has 0 unspecified atom stereocenters. The first kappa shape index (κ1) is 31.7. The molecule has 0 aliphatic carbocycles. The van der Waals surface area contributed by atoms with Crippen LogP contribution in [0.2, 0.25) is 0 Å². The van der Waals surface area contributed by atoms with Crippen molar-refractivity contribution >= 4 is 97.8 Å². The summed E-state index contributed by atoms with van der Waals surface area (Å²) in [6.45, 7) is 0. The van der Waals surface area contributed by atoms with E-state index in [1.807, 2.05) is 0 Å². The van der Waals surface area contributed by atoms with Gasteiger partial charge < -0.3 is 0 Å². The van der Waals surface area contributed by atoms with Crippen LogP contribution in [0.3, 0.4) is 0 Å². The minimum atomic E-state index is 0. The van der Waals surface area contributed by atoms with Gasteiger partial charge in [-0.2, -0.15) is 0 Å². The summed E-state index contributed by atoms with van der Waals surface area (Å²) in [6.07, 6.45) is 0. The van der Waals surface area contributed by atoms with Crippen LogP contribution >= 0.6 is 0 Å². The minimum Gasteiger partial charge on any atom is 0 e. The van der Waals surface area contributed by atoms with Crippen molar-refractivity contribution in [2.45, 2.75) is 0 Å². The summed E-state index contributed by atoms with van der Waals surface area (Å²) in [5.74, 6) is 0. The van der Waals surface area contributed by atoms with E-state index in [1.165, 1.54) is 0 Å². The maximum Gasteiger partial charge on any atom is 0 e. The summed E-state index contributed by atoms with van der Waals surface area (Å²) in [4.78, 5) is 0. The topological polar surface area (TPSA) is 0 Å². The molecule has 0 radical (unpaired) electrons. The molecule has 14 valence electrons. The van der Waals surface area contributed by atoms with E-state index in [-0.39, 0.29) is 164 Å². The monoisotopic (exact) mass is 522 g/mol. The third-order valence-electron chi connectivity index (χ3n) is 0. The Labute approximate surface area is 159 Å². The maximum atomic E-state index is 0. The van der Waals surface area contributed by atoms with Gasteiger partial charge in [-0.3, -0.25) is 0 Å². The van der Waals surface area contributed by atoms with Gasteiger partial charge in [0.1, 0.15) is 0 Å². The van der Waals surface area contributed by atoms with Gasteiger partial charge in [-0.15, -0.1) is 0 Å². The average Bonchev–Trinajstić information content (AvgIpc) is 0. The molecular weight excluding hydrogens is 518 g/mol. The van der Waals surface area contributed by atoms with Crippen LogP contribution in [-0.4, -0.2) is 97.8 Å². The van der Waals surface area contributed by atoms with Crippen molar-refractivity contribution in [3.63, 3.8) is 0 Å². The summed E-state index contributed by atoms with van der Waals surface area (Å²) < 4.78 is 0. The van der Waals surface area contributed by atoms with Gasteiger partial charge in [0.05, 0.1) is 0 Å². The number of rotatable bonds is 0. The van der Waals surface area contributed by atoms with Crippen molar-refractivity contribution in [3.05, 3.63) is 0 Å². The Hall–Kier alpha value is 5.31. The van der Waals surface area contributed by atoms with Crippen molar-refractivity contribution in [2.75, 3.05) is 0 Å². The van der Waals surface area contributed by atoms with E-state index >= 15 is 0 Å². The van der Waals surface area contributed by atoms with Crippen molar-refractivity contribution in [2.24, 2.45) is 0 Å². The summed E-state index contributed by atoms with van der Waals surface area (Å²) in [7, 11) is 0. The molecular formula is H4Ba2CdZn2. The maximum absolute atomic E-state index is 0. The van der Waals surface area contributed by atoms with Crippen LogP contribution in [0, 0.1) is 0 Å².